The monoisotopic (exact) mass is 395 g/mol. The van der Waals surface area contributed by atoms with Crippen molar-refractivity contribution in [1.29, 1.82) is 0 Å². The van der Waals surface area contributed by atoms with Crippen molar-refractivity contribution in [2.45, 2.75) is 36.6 Å². The first-order valence-electron chi connectivity index (χ1n) is 6.07. The number of carbonyl (C=O) groups excluding carboxylic acids is 1. The summed E-state index contributed by atoms with van der Waals surface area (Å²) in [6.45, 7) is 0. The summed E-state index contributed by atoms with van der Waals surface area (Å²) in [7, 11) is 0. The van der Waals surface area contributed by atoms with Gasteiger partial charge in [0.25, 0.3) is 5.91 Å². The van der Waals surface area contributed by atoms with E-state index in [0.29, 0.717) is 4.83 Å². The van der Waals surface area contributed by atoms with Gasteiger partial charge in [-0.3, -0.25) is 4.79 Å². The van der Waals surface area contributed by atoms with Gasteiger partial charge in [-0.25, -0.2) is 8.78 Å². The molecule has 2 nitrogen and oxygen atoms in total. The Hall–Kier alpha value is -0.490. The normalized spacial score (nSPS) is 23.2. The second-order valence-electron chi connectivity index (χ2n) is 4.67. The minimum atomic E-state index is -0.849. The molecular weight excluding hydrogens is 384 g/mol. The predicted molar refractivity (Wildman–Crippen MR) is 76.5 cm³/mol. The van der Waals surface area contributed by atoms with Crippen molar-refractivity contribution >= 4 is 37.8 Å². The Morgan fingerprint density at radius 2 is 1.68 bits per heavy atom. The van der Waals surface area contributed by atoms with Gasteiger partial charge in [-0.15, -0.1) is 0 Å². The number of hydrogen-bond acceptors (Lipinski definition) is 1. The summed E-state index contributed by atoms with van der Waals surface area (Å²) in [6, 6.07) is 2.17. The second-order valence-corrected chi connectivity index (χ2v) is 6.88. The highest BCUT2D eigenvalue weighted by Crippen LogP contribution is 2.25. The quantitative estimate of drug-likeness (QED) is 0.747. The second kappa shape index (κ2) is 6.31. The van der Waals surface area contributed by atoms with Crippen molar-refractivity contribution in [3.63, 3.8) is 0 Å². The number of halogens is 4. The SMILES string of the molecule is O=C(NC1CCC(Br)CC1)c1c(F)cc(Br)cc1F. The fraction of sp³-hybridized carbons (Fsp3) is 0.462. The molecule has 19 heavy (non-hydrogen) atoms. The van der Waals surface area contributed by atoms with E-state index in [1.807, 2.05) is 0 Å². The van der Waals surface area contributed by atoms with Crippen LogP contribution in [0.3, 0.4) is 0 Å². The van der Waals surface area contributed by atoms with Crippen LogP contribution in [0.2, 0.25) is 0 Å². The van der Waals surface area contributed by atoms with Crippen LogP contribution in [0.4, 0.5) is 8.78 Å². The van der Waals surface area contributed by atoms with E-state index < -0.39 is 23.1 Å². The van der Waals surface area contributed by atoms with Gasteiger partial charge in [-0.2, -0.15) is 0 Å². The summed E-state index contributed by atoms with van der Waals surface area (Å²) in [5.41, 5.74) is -0.510. The van der Waals surface area contributed by atoms with Crippen LogP contribution in [-0.4, -0.2) is 16.8 Å². The van der Waals surface area contributed by atoms with Gasteiger partial charge in [0.1, 0.15) is 17.2 Å². The third kappa shape index (κ3) is 3.75. The molecule has 1 N–H and O–H groups in total. The van der Waals surface area contributed by atoms with Gasteiger partial charge in [-0.1, -0.05) is 31.9 Å². The van der Waals surface area contributed by atoms with Crippen molar-refractivity contribution < 1.29 is 13.6 Å². The topological polar surface area (TPSA) is 29.1 Å². The van der Waals surface area contributed by atoms with Crippen molar-refractivity contribution in [2.24, 2.45) is 0 Å². The van der Waals surface area contributed by atoms with Gasteiger partial charge < -0.3 is 5.32 Å². The molecule has 0 aliphatic heterocycles. The Morgan fingerprint density at radius 3 is 2.21 bits per heavy atom. The molecule has 0 aromatic heterocycles. The zero-order valence-corrected chi connectivity index (χ0v) is 13.2. The molecule has 104 valence electrons. The maximum absolute atomic E-state index is 13.6. The Morgan fingerprint density at radius 1 is 1.16 bits per heavy atom. The van der Waals surface area contributed by atoms with E-state index in [4.69, 9.17) is 0 Å². The molecule has 0 spiro atoms. The van der Waals surface area contributed by atoms with Crippen LogP contribution in [-0.2, 0) is 0 Å². The number of alkyl halides is 1. The van der Waals surface area contributed by atoms with Gasteiger partial charge >= 0.3 is 0 Å². The standard InChI is InChI=1S/C13H13Br2F2NO/c14-7-1-3-9(4-2-7)18-13(19)12-10(16)5-8(15)6-11(12)17/h5-7,9H,1-4H2,(H,18,19). The summed E-state index contributed by atoms with van der Waals surface area (Å²) in [5.74, 6) is -2.38. The number of rotatable bonds is 2. The Balaban J connectivity index is 2.08. The highest BCUT2D eigenvalue weighted by molar-refractivity contribution is 9.10. The van der Waals surface area contributed by atoms with Gasteiger partial charge in [0.15, 0.2) is 0 Å². The zero-order chi connectivity index (χ0) is 14.0. The molecule has 6 heteroatoms. The molecule has 1 aromatic rings. The molecule has 1 aromatic carbocycles. The molecule has 2 rings (SSSR count). The van der Waals surface area contributed by atoms with Crippen molar-refractivity contribution in [3.8, 4) is 0 Å². The summed E-state index contributed by atoms with van der Waals surface area (Å²) < 4.78 is 27.6. The first kappa shape index (κ1) is 14.9. The molecule has 0 heterocycles. The first-order valence-corrected chi connectivity index (χ1v) is 7.77. The maximum atomic E-state index is 13.6. The van der Waals surface area contributed by atoms with E-state index in [9.17, 15) is 13.6 Å². The molecule has 0 radical (unpaired) electrons. The van der Waals surface area contributed by atoms with Gasteiger partial charge in [0.2, 0.25) is 0 Å². The molecule has 1 fully saturated rings. The van der Waals surface area contributed by atoms with Crippen molar-refractivity contribution in [1.82, 2.24) is 5.32 Å². The summed E-state index contributed by atoms with van der Waals surface area (Å²) in [5, 5.41) is 2.70. The molecule has 1 aliphatic carbocycles. The van der Waals surface area contributed by atoms with Crippen LogP contribution in [0, 0.1) is 11.6 Å². The lowest BCUT2D eigenvalue weighted by Crippen LogP contribution is -2.38. The Kier molecular flexibility index (Phi) is 4.95. The fourth-order valence-electron chi connectivity index (χ4n) is 2.21. The van der Waals surface area contributed by atoms with Crippen LogP contribution in [0.15, 0.2) is 16.6 Å². The summed E-state index contributed by atoms with van der Waals surface area (Å²) in [4.78, 5) is 12.4. The van der Waals surface area contributed by atoms with Crippen molar-refractivity contribution in [2.75, 3.05) is 0 Å². The molecule has 1 saturated carbocycles. The van der Waals surface area contributed by atoms with Crippen LogP contribution < -0.4 is 5.32 Å². The third-order valence-corrected chi connectivity index (χ3v) is 4.60. The van der Waals surface area contributed by atoms with Crippen molar-refractivity contribution in [3.05, 3.63) is 33.8 Å². The Bertz CT molecular complexity index is 465. The number of benzene rings is 1. The maximum Gasteiger partial charge on any atom is 0.257 e. The van der Waals surface area contributed by atoms with Crippen LogP contribution in [0.5, 0.6) is 0 Å². The average Bonchev–Trinajstić information content (AvgIpc) is 2.30. The number of carbonyl (C=O) groups is 1. The van der Waals surface area contributed by atoms with E-state index in [-0.39, 0.29) is 10.5 Å². The molecule has 0 bridgehead atoms. The predicted octanol–water partition coefficient (Wildman–Crippen LogP) is 4.16. The molecule has 0 saturated heterocycles. The minimum Gasteiger partial charge on any atom is -0.349 e. The average molecular weight is 397 g/mol. The minimum absolute atomic E-state index is 0.0104. The van der Waals surface area contributed by atoms with E-state index in [1.54, 1.807) is 0 Å². The molecular formula is C13H13Br2F2NO. The third-order valence-electron chi connectivity index (χ3n) is 3.23. The molecule has 0 unspecified atom stereocenters. The highest BCUT2D eigenvalue weighted by atomic mass is 79.9. The first-order chi connectivity index (χ1) is 8.97. The van der Waals surface area contributed by atoms with E-state index >= 15 is 0 Å². The smallest absolute Gasteiger partial charge is 0.257 e. The largest absolute Gasteiger partial charge is 0.349 e. The van der Waals surface area contributed by atoms with Gasteiger partial charge in [0.05, 0.1) is 0 Å². The molecule has 0 atom stereocenters. The molecule has 1 aliphatic rings. The lowest BCUT2D eigenvalue weighted by Gasteiger charge is -2.26. The molecule has 1 amide bonds. The fourth-order valence-corrected chi connectivity index (χ4v) is 3.14. The summed E-state index contributed by atoms with van der Waals surface area (Å²) in [6.07, 6.45) is 3.55. The van der Waals surface area contributed by atoms with Gasteiger partial charge in [0, 0.05) is 15.3 Å². The van der Waals surface area contributed by atoms with E-state index in [0.717, 1.165) is 37.8 Å². The number of nitrogens with one attached hydrogen (secondary N) is 1. The van der Waals surface area contributed by atoms with Crippen LogP contribution in [0.25, 0.3) is 0 Å². The summed E-state index contributed by atoms with van der Waals surface area (Å²) >= 11 is 6.50. The van der Waals surface area contributed by atoms with E-state index in [2.05, 4.69) is 37.2 Å². The van der Waals surface area contributed by atoms with Crippen LogP contribution >= 0.6 is 31.9 Å². The lowest BCUT2D eigenvalue weighted by molar-refractivity contribution is 0.0919. The number of amides is 1. The lowest BCUT2D eigenvalue weighted by atomic mass is 9.95. The zero-order valence-electron chi connectivity index (χ0n) is 10.1. The van der Waals surface area contributed by atoms with Crippen LogP contribution in [0.1, 0.15) is 36.0 Å². The number of hydrogen-bond donors (Lipinski definition) is 1. The van der Waals surface area contributed by atoms with E-state index in [1.165, 1.54) is 0 Å². The van der Waals surface area contributed by atoms with Gasteiger partial charge in [-0.05, 0) is 37.8 Å². The Labute approximate surface area is 127 Å². The highest BCUT2D eigenvalue weighted by Gasteiger charge is 2.24.